The molecule has 5 aromatic heterocycles. The zero-order chi connectivity index (χ0) is 42.3. The number of furan rings is 1. The summed E-state index contributed by atoms with van der Waals surface area (Å²) >= 11 is 0. The van der Waals surface area contributed by atoms with Crippen LogP contribution in [-0.4, -0.2) is 18.3 Å². The van der Waals surface area contributed by atoms with Crippen LogP contribution in [0.15, 0.2) is 223 Å². The second-order valence-electron chi connectivity index (χ2n) is 17.3. The molecule has 0 radical (unpaired) electrons. The normalized spacial score (nSPS) is 12.3. The molecule has 10 aromatic carbocycles. The minimum atomic E-state index is 0.852. The molecule has 0 N–H and O–H groups in total. The molecule has 0 amide bonds. The van der Waals surface area contributed by atoms with Gasteiger partial charge in [0.15, 0.2) is 5.58 Å². The van der Waals surface area contributed by atoms with Gasteiger partial charge in [-0.3, -0.25) is 0 Å². The number of aromatic nitrogens is 4. The van der Waals surface area contributed by atoms with Gasteiger partial charge in [-0.1, -0.05) is 127 Å². The summed E-state index contributed by atoms with van der Waals surface area (Å²) in [7, 11) is 0. The molecular formula is C60H36N4O. The molecule has 0 atom stereocenters. The largest absolute Gasteiger partial charge is 0.454 e. The third kappa shape index (κ3) is 4.65. The van der Waals surface area contributed by atoms with Crippen molar-refractivity contribution in [3.05, 3.63) is 218 Å². The lowest BCUT2D eigenvalue weighted by molar-refractivity contribution is 0.666. The lowest BCUT2D eigenvalue weighted by atomic mass is 10.1. The summed E-state index contributed by atoms with van der Waals surface area (Å²) in [6.07, 6.45) is 0. The lowest BCUT2D eigenvalue weighted by Gasteiger charge is -2.14. The molecule has 0 aliphatic rings. The highest BCUT2D eigenvalue weighted by Crippen LogP contribution is 2.44. The van der Waals surface area contributed by atoms with Crippen molar-refractivity contribution in [1.29, 1.82) is 0 Å². The Morgan fingerprint density at radius 3 is 1.02 bits per heavy atom. The third-order valence-corrected chi connectivity index (χ3v) is 14.0. The number of benzene rings is 10. The van der Waals surface area contributed by atoms with Crippen LogP contribution in [0.3, 0.4) is 0 Å². The quantitative estimate of drug-likeness (QED) is 0.174. The van der Waals surface area contributed by atoms with Crippen LogP contribution < -0.4 is 0 Å². The molecular weight excluding hydrogens is 793 g/mol. The first kappa shape index (κ1) is 34.7. The van der Waals surface area contributed by atoms with E-state index in [0.29, 0.717) is 0 Å². The first-order valence-corrected chi connectivity index (χ1v) is 22.3. The molecule has 15 rings (SSSR count). The van der Waals surface area contributed by atoms with E-state index < -0.39 is 0 Å². The van der Waals surface area contributed by atoms with Crippen molar-refractivity contribution in [3.63, 3.8) is 0 Å². The van der Waals surface area contributed by atoms with E-state index in [2.05, 4.69) is 237 Å². The fourth-order valence-electron chi connectivity index (χ4n) is 11.3. The second-order valence-corrected chi connectivity index (χ2v) is 17.3. The zero-order valence-electron chi connectivity index (χ0n) is 35.0. The van der Waals surface area contributed by atoms with E-state index in [9.17, 15) is 0 Å². The Kier molecular flexibility index (Phi) is 6.89. The molecule has 0 saturated heterocycles. The van der Waals surface area contributed by atoms with Crippen LogP contribution in [0.2, 0.25) is 0 Å². The second kappa shape index (κ2) is 12.9. The number of fused-ring (bicyclic) bond motifs is 15. The van der Waals surface area contributed by atoms with Crippen LogP contribution >= 0.6 is 0 Å². The van der Waals surface area contributed by atoms with E-state index in [1.165, 1.54) is 65.2 Å². The summed E-state index contributed by atoms with van der Waals surface area (Å²) in [5.41, 5.74) is 15.4. The van der Waals surface area contributed by atoms with Gasteiger partial charge < -0.3 is 22.7 Å². The number of hydrogen-bond donors (Lipinski definition) is 0. The van der Waals surface area contributed by atoms with Crippen LogP contribution in [0, 0.1) is 0 Å². The smallest absolute Gasteiger partial charge is 0.161 e. The van der Waals surface area contributed by atoms with Crippen LogP contribution in [0.4, 0.5) is 0 Å². The van der Waals surface area contributed by atoms with E-state index in [0.717, 1.165) is 66.8 Å². The third-order valence-electron chi connectivity index (χ3n) is 14.0. The molecule has 0 aliphatic carbocycles. The number of hydrogen-bond acceptors (Lipinski definition) is 1. The van der Waals surface area contributed by atoms with Gasteiger partial charge in [0.1, 0.15) is 5.58 Å². The Morgan fingerprint density at radius 2 is 0.569 bits per heavy atom. The van der Waals surface area contributed by atoms with Crippen molar-refractivity contribution in [3.8, 4) is 22.7 Å². The van der Waals surface area contributed by atoms with Gasteiger partial charge in [0.25, 0.3) is 0 Å². The molecule has 15 aromatic rings. The molecule has 5 heteroatoms. The van der Waals surface area contributed by atoms with Crippen molar-refractivity contribution in [2.45, 2.75) is 0 Å². The van der Waals surface area contributed by atoms with Gasteiger partial charge in [-0.05, 0) is 91.0 Å². The van der Waals surface area contributed by atoms with Crippen molar-refractivity contribution in [1.82, 2.24) is 18.3 Å². The van der Waals surface area contributed by atoms with Crippen molar-refractivity contribution >= 4 is 109 Å². The summed E-state index contributed by atoms with van der Waals surface area (Å²) in [6, 6.07) is 79.4. The standard InChI is InChI=1S/C60H36N4O/c1-8-22-48-39(15-1)40-16-2-9-23-49(40)61(48)37-29-31-54-46(35-37)43-19-5-12-26-52(43)63(54)56-33-34-57(60-59(56)45-21-7-14-28-58(45)65-60)64-53-27-13-6-20-44(53)47-36-38(30-32-55(47)64)62-50-24-10-3-17-41(50)42-18-4-11-25-51(42)62/h1-36H. The molecule has 5 nitrogen and oxygen atoms in total. The van der Waals surface area contributed by atoms with Gasteiger partial charge in [0.2, 0.25) is 0 Å². The predicted octanol–water partition coefficient (Wildman–Crippen LogP) is 16.0. The number of para-hydroxylation sites is 7. The highest BCUT2D eigenvalue weighted by molar-refractivity contribution is 6.18. The maximum atomic E-state index is 7.06. The Hall–Kier alpha value is -8.80. The maximum absolute atomic E-state index is 7.06. The number of nitrogens with zero attached hydrogens (tertiary/aromatic N) is 4. The first-order chi connectivity index (χ1) is 32.3. The summed E-state index contributed by atoms with van der Waals surface area (Å²) in [5, 5.41) is 12.0. The minimum Gasteiger partial charge on any atom is -0.454 e. The highest BCUT2D eigenvalue weighted by atomic mass is 16.3. The first-order valence-electron chi connectivity index (χ1n) is 22.3. The zero-order valence-corrected chi connectivity index (χ0v) is 35.0. The molecule has 0 unspecified atom stereocenters. The van der Waals surface area contributed by atoms with Crippen LogP contribution in [-0.2, 0) is 0 Å². The molecule has 0 bridgehead atoms. The average Bonchev–Trinajstić information content (AvgIpc) is 4.17. The van der Waals surface area contributed by atoms with Crippen molar-refractivity contribution < 1.29 is 4.42 Å². The summed E-state index contributed by atoms with van der Waals surface area (Å²) in [4.78, 5) is 0. The Bertz CT molecular complexity index is 4380. The topological polar surface area (TPSA) is 32.9 Å². The van der Waals surface area contributed by atoms with Crippen molar-refractivity contribution in [2.75, 3.05) is 0 Å². The lowest BCUT2D eigenvalue weighted by Crippen LogP contribution is -2.00. The minimum absolute atomic E-state index is 0.852. The molecule has 0 fully saturated rings. The van der Waals surface area contributed by atoms with E-state index in [-0.39, 0.29) is 0 Å². The van der Waals surface area contributed by atoms with Gasteiger partial charge >= 0.3 is 0 Å². The van der Waals surface area contributed by atoms with Crippen LogP contribution in [0.25, 0.3) is 132 Å². The Morgan fingerprint density at radius 1 is 0.246 bits per heavy atom. The summed E-state index contributed by atoms with van der Waals surface area (Å²) < 4.78 is 16.7. The molecule has 5 heterocycles. The van der Waals surface area contributed by atoms with Gasteiger partial charge in [-0.25, -0.2) is 0 Å². The van der Waals surface area contributed by atoms with E-state index in [4.69, 9.17) is 4.42 Å². The van der Waals surface area contributed by atoms with Gasteiger partial charge in [0.05, 0.1) is 60.9 Å². The Labute approximate surface area is 371 Å². The van der Waals surface area contributed by atoms with Crippen LogP contribution in [0.1, 0.15) is 0 Å². The molecule has 0 spiro atoms. The Balaban J connectivity index is 0.979. The van der Waals surface area contributed by atoms with Crippen LogP contribution in [0.5, 0.6) is 0 Å². The maximum Gasteiger partial charge on any atom is 0.161 e. The van der Waals surface area contributed by atoms with E-state index in [1.807, 2.05) is 0 Å². The fourth-order valence-corrected chi connectivity index (χ4v) is 11.3. The van der Waals surface area contributed by atoms with Gasteiger partial charge in [-0.15, -0.1) is 0 Å². The summed E-state index contributed by atoms with van der Waals surface area (Å²) in [5.74, 6) is 0. The predicted molar refractivity (Wildman–Crippen MR) is 271 cm³/mol. The summed E-state index contributed by atoms with van der Waals surface area (Å²) in [6.45, 7) is 0. The van der Waals surface area contributed by atoms with Gasteiger partial charge in [0, 0.05) is 59.9 Å². The molecule has 302 valence electrons. The SMILES string of the molecule is c1ccc2c(c1)oc1c(-n3c4ccccc4c4cc(-n5c6ccccc6c6ccccc65)ccc43)ccc(-n3c4ccccc4c4cc(-n5c6ccccc6c6ccccc65)ccc43)c12. The number of rotatable bonds is 4. The molecule has 0 aliphatic heterocycles. The van der Waals surface area contributed by atoms with Crippen molar-refractivity contribution in [2.24, 2.45) is 0 Å². The van der Waals surface area contributed by atoms with E-state index in [1.54, 1.807) is 0 Å². The highest BCUT2D eigenvalue weighted by Gasteiger charge is 2.24. The van der Waals surface area contributed by atoms with Gasteiger partial charge in [-0.2, -0.15) is 0 Å². The monoisotopic (exact) mass is 828 g/mol. The van der Waals surface area contributed by atoms with E-state index >= 15 is 0 Å². The molecule has 0 saturated carbocycles. The molecule has 65 heavy (non-hydrogen) atoms. The fraction of sp³-hybridized carbons (Fsp3) is 0. The average molecular weight is 829 g/mol.